The molecule has 0 unspecified atom stereocenters. The van der Waals surface area contributed by atoms with Crippen LogP contribution in [0.2, 0.25) is 10.0 Å². The van der Waals surface area contributed by atoms with E-state index < -0.39 is 0 Å². The van der Waals surface area contributed by atoms with Gasteiger partial charge in [0.25, 0.3) is 5.91 Å². The Morgan fingerprint density at radius 3 is 2.27 bits per heavy atom. The Labute approximate surface area is 245 Å². The summed E-state index contributed by atoms with van der Waals surface area (Å²) in [6.45, 7) is 4.95. The summed E-state index contributed by atoms with van der Waals surface area (Å²) in [5.74, 6) is 1.87. The first-order valence-electron chi connectivity index (χ1n) is 13.6. The second-order valence-corrected chi connectivity index (χ2v) is 10.5. The first-order valence-corrected chi connectivity index (χ1v) is 14.4. The highest BCUT2D eigenvalue weighted by atomic mass is 35.5. The van der Waals surface area contributed by atoms with Crippen molar-refractivity contribution >= 4 is 40.9 Å². The standard InChI is InChI=1S/C32H32Cl2N2O4/c1-3-38-25-13-8-21(9-14-25)18-23-6-5-7-27-31(23)35-36(32(27)22-10-15-26(16-11-22)39-4-2)30(37)20-40-29-17-12-24(33)19-28(29)34/h8-19,27,32H,3-7,20H2,1-2H3/b23-18+/t27-,32-/m1/s1. The van der Waals surface area contributed by atoms with Crippen LogP contribution in [0.1, 0.15) is 50.3 Å². The molecule has 0 bridgehead atoms. The zero-order chi connectivity index (χ0) is 28.1. The largest absolute Gasteiger partial charge is 0.494 e. The number of hydrogen-bond donors (Lipinski definition) is 0. The molecular formula is C32H32Cl2N2O4. The lowest BCUT2D eigenvalue weighted by molar-refractivity contribution is -0.135. The molecule has 0 radical (unpaired) electrons. The summed E-state index contributed by atoms with van der Waals surface area (Å²) in [4.78, 5) is 13.6. The van der Waals surface area contributed by atoms with E-state index in [1.165, 1.54) is 0 Å². The normalized spacial score (nSPS) is 19.2. The molecule has 6 nitrogen and oxygen atoms in total. The number of ether oxygens (including phenoxy) is 3. The molecule has 8 heteroatoms. The van der Waals surface area contributed by atoms with Crippen molar-refractivity contribution in [2.75, 3.05) is 19.8 Å². The molecule has 5 rings (SSSR count). The number of hydrazone groups is 1. The minimum atomic E-state index is -0.244. The first kappa shape index (κ1) is 28.1. The van der Waals surface area contributed by atoms with Crippen molar-refractivity contribution in [1.82, 2.24) is 5.01 Å². The molecule has 3 aromatic rings. The molecule has 1 aliphatic heterocycles. The molecule has 2 aliphatic rings. The molecule has 1 amide bonds. The van der Waals surface area contributed by atoms with Gasteiger partial charge in [0.1, 0.15) is 17.2 Å². The third kappa shape index (κ3) is 6.29. The van der Waals surface area contributed by atoms with Crippen LogP contribution in [0.15, 0.2) is 77.4 Å². The summed E-state index contributed by atoms with van der Waals surface area (Å²) in [6, 6.07) is 20.7. The summed E-state index contributed by atoms with van der Waals surface area (Å²) in [5.41, 5.74) is 4.18. The Morgan fingerprint density at radius 2 is 1.62 bits per heavy atom. The van der Waals surface area contributed by atoms with E-state index in [9.17, 15) is 4.79 Å². The molecular weight excluding hydrogens is 547 g/mol. The molecule has 0 aromatic heterocycles. The van der Waals surface area contributed by atoms with Gasteiger partial charge in [-0.3, -0.25) is 4.79 Å². The van der Waals surface area contributed by atoms with Crippen LogP contribution in [0.5, 0.6) is 17.2 Å². The molecule has 1 heterocycles. The van der Waals surface area contributed by atoms with Crippen LogP contribution in [0.4, 0.5) is 0 Å². The van der Waals surface area contributed by atoms with Crippen LogP contribution in [-0.4, -0.2) is 36.4 Å². The van der Waals surface area contributed by atoms with Gasteiger partial charge in [-0.1, -0.05) is 47.5 Å². The Hall–Kier alpha value is -3.48. The number of carbonyl (C=O) groups is 1. The number of halogens is 2. The Bertz CT molecular complexity index is 1400. The fourth-order valence-electron chi connectivity index (χ4n) is 5.29. The van der Waals surface area contributed by atoms with E-state index in [1.807, 2.05) is 62.4 Å². The Balaban J connectivity index is 1.44. The first-order chi connectivity index (χ1) is 19.5. The summed E-state index contributed by atoms with van der Waals surface area (Å²) in [6.07, 6.45) is 5.02. The van der Waals surface area contributed by atoms with Gasteiger partial charge < -0.3 is 14.2 Å². The lowest BCUT2D eigenvalue weighted by atomic mass is 9.77. The van der Waals surface area contributed by atoms with E-state index in [0.717, 1.165) is 53.2 Å². The van der Waals surface area contributed by atoms with Crippen molar-refractivity contribution in [3.8, 4) is 17.2 Å². The van der Waals surface area contributed by atoms with Crippen LogP contribution in [0.25, 0.3) is 6.08 Å². The maximum Gasteiger partial charge on any atom is 0.281 e. The molecule has 0 saturated heterocycles. The smallest absolute Gasteiger partial charge is 0.281 e. The molecule has 1 fully saturated rings. The van der Waals surface area contributed by atoms with E-state index in [-0.39, 0.29) is 24.5 Å². The second kappa shape index (κ2) is 12.8. The van der Waals surface area contributed by atoms with Crippen LogP contribution in [-0.2, 0) is 4.79 Å². The van der Waals surface area contributed by atoms with Gasteiger partial charge >= 0.3 is 0 Å². The molecule has 40 heavy (non-hydrogen) atoms. The van der Waals surface area contributed by atoms with Gasteiger partial charge in [0.05, 0.1) is 30.0 Å². The Morgan fingerprint density at radius 1 is 0.950 bits per heavy atom. The van der Waals surface area contributed by atoms with Crippen molar-refractivity contribution < 1.29 is 19.0 Å². The van der Waals surface area contributed by atoms with Gasteiger partial charge in [0, 0.05) is 10.9 Å². The highest BCUT2D eigenvalue weighted by Crippen LogP contribution is 2.45. The number of fused-ring (bicyclic) bond motifs is 1. The summed E-state index contributed by atoms with van der Waals surface area (Å²) < 4.78 is 17.1. The topological polar surface area (TPSA) is 60.4 Å². The average Bonchev–Trinajstić information content (AvgIpc) is 3.35. The number of hydrogen-bond acceptors (Lipinski definition) is 5. The second-order valence-electron chi connectivity index (χ2n) is 9.70. The van der Waals surface area contributed by atoms with E-state index >= 15 is 0 Å². The SMILES string of the molecule is CCOc1ccc(/C=C2\CCC[C@@H]3C2=NN(C(=O)COc2ccc(Cl)cc2Cl)[C@@H]3c2ccc(OCC)cc2)cc1. The Kier molecular flexibility index (Phi) is 8.98. The fourth-order valence-corrected chi connectivity index (χ4v) is 5.76. The number of amides is 1. The lowest BCUT2D eigenvalue weighted by Gasteiger charge is -2.29. The third-order valence-electron chi connectivity index (χ3n) is 7.07. The number of nitrogens with zero attached hydrogens (tertiary/aromatic N) is 2. The van der Waals surface area contributed by atoms with E-state index in [1.54, 1.807) is 23.2 Å². The number of carbonyl (C=O) groups excluding carboxylic acids is 1. The van der Waals surface area contributed by atoms with Gasteiger partial charge in [-0.05, 0) is 98.4 Å². The highest BCUT2D eigenvalue weighted by Gasteiger charge is 2.43. The lowest BCUT2D eigenvalue weighted by Crippen LogP contribution is -2.34. The van der Waals surface area contributed by atoms with Crippen molar-refractivity contribution in [2.45, 2.75) is 39.2 Å². The number of rotatable bonds is 9. The minimum Gasteiger partial charge on any atom is -0.494 e. The van der Waals surface area contributed by atoms with E-state index in [0.29, 0.717) is 29.0 Å². The van der Waals surface area contributed by atoms with Gasteiger partial charge in [0.2, 0.25) is 0 Å². The maximum absolute atomic E-state index is 13.6. The van der Waals surface area contributed by atoms with E-state index in [4.69, 9.17) is 42.5 Å². The molecule has 1 aliphatic carbocycles. The zero-order valence-corrected chi connectivity index (χ0v) is 24.1. The zero-order valence-electron chi connectivity index (χ0n) is 22.6. The van der Waals surface area contributed by atoms with Crippen LogP contribution in [0.3, 0.4) is 0 Å². The van der Waals surface area contributed by atoms with Crippen molar-refractivity contribution in [3.05, 3.63) is 93.5 Å². The average molecular weight is 580 g/mol. The summed E-state index contributed by atoms with van der Waals surface area (Å²) in [7, 11) is 0. The maximum atomic E-state index is 13.6. The van der Waals surface area contributed by atoms with Crippen LogP contribution >= 0.6 is 23.2 Å². The summed E-state index contributed by atoms with van der Waals surface area (Å²) >= 11 is 12.3. The molecule has 2 atom stereocenters. The molecule has 3 aromatic carbocycles. The molecule has 208 valence electrons. The third-order valence-corrected chi connectivity index (χ3v) is 7.60. The van der Waals surface area contributed by atoms with E-state index in [2.05, 4.69) is 6.08 Å². The highest BCUT2D eigenvalue weighted by molar-refractivity contribution is 6.35. The minimum absolute atomic E-state index is 0.0729. The van der Waals surface area contributed by atoms with Crippen molar-refractivity contribution in [1.29, 1.82) is 0 Å². The molecule has 0 N–H and O–H groups in total. The van der Waals surface area contributed by atoms with Gasteiger partial charge in [-0.2, -0.15) is 5.10 Å². The van der Waals surface area contributed by atoms with Crippen molar-refractivity contribution in [2.24, 2.45) is 11.0 Å². The summed E-state index contributed by atoms with van der Waals surface area (Å²) in [5, 5.41) is 7.39. The van der Waals surface area contributed by atoms with Gasteiger partial charge in [-0.15, -0.1) is 0 Å². The number of allylic oxidation sites excluding steroid dienone is 1. The molecule has 0 spiro atoms. The predicted molar refractivity (Wildman–Crippen MR) is 160 cm³/mol. The van der Waals surface area contributed by atoms with Crippen LogP contribution < -0.4 is 14.2 Å². The van der Waals surface area contributed by atoms with Gasteiger partial charge in [-0.25, -0.2) is 5.01 Å². The fraction of sp³-hybridized carbons (Fsp3) is 0.312. The monoisotopic (exact) mass is 578 g/mol. The van der Waals surface area contributed by atoms with Crippen LogP contribution in [0, 0.1) is 5.92 Å². The quantitative estimate of drug-likeness (QED) is 0.258. The molecule has 1 saturated carbocycles. The van der Waals surface area contributed by atoms with Crippen molar-refractivity contribution in [3.63, 3.8) is 0 Å². The van der Waals surface area contributed by atoms with Gasteiger partial charge in [0.15, 0.2) is 6.61 Å². The predicted octanol–water partition coefficient (Wildman–Crippen LogP) is 7.99. The number of benzene rings is 3.